The number of amides is 1. The van der Waals surface area contributed by atoms with Crippen LogP contribution in [-0.4, -0.2) is 40.6 Å². The van der Waals surface area contributed by atoms with E-state index in [2.05, 4.69) is 20.9 Å². The van der Waals surface area contributed by atoms with Gasteiger partial charge in [-0.3, -0.25) is 4.79 Å². The minimum absolute atomic E-state index is 0. The zero-order valence-corrected chi connectivity index (χ0v) is 16.0. The number of benzene rings is 1. The van der Waals surface area contributed by atoms with Gasteiger partial charge in [0.15, 0.2) is 5.69 Å². The quantitative estimate of drug-likeness (QED) is 0.804. The van der Waals surface area contributed by atoms with E-state index in [0.717, 1.165) is 42.9 Å². The van der Waals surface area contributed by atoms with Gasteiger partial charge in [-0.2, -0.15) is 0 Å². The van der Waals surface area contributed by atoms with Crippen LogP contribution in [0.5, 0.6) is 5.75 Å². The Morgan fingerprint density at radius 1 is 1.35 bits per heavy atom. The summed E-state index contributed by atoms with van der Waals surface area (Å²) in [5.41, 5.74) is 2.16. The molecule has 1 amide bonds. The summed E-state index contributed by atoms with van der Waals surface area (Å²) >= 11 is 0. The molecular formula is C18H26ClN5O2. The lowest BCUT2D eigenvalue weighted by Gasteiger charge is -2.23. The summed E-state index contributed by atoms with van der Waals surface area (Å²) in [6.07, 6.45) is 2.01. The summed E-state index contributed by atoms with van der Waals surface area (Å²) in [4.78, 5) is 12.5. The van der Waals surface area contributed by atoms with Crippen LogP contribution in [0.25, 0.3) is 0 Å². The van der Waals surface area contributed by atoms with Crippen LogP contribution in [0.2, 0.25) is 0 Å². The summed E-state index contributed by atoms with van der Waals surface area (Å²) < 4.78 is 7.49. The number of piperidine rings is 1. The molecule has 0 bridgehead atoms. The minimum atomic E-state index is -0.205. The van der Waals surface area contributed by atoms with Gasteiger partial charge in [0.25, 0.3) is 5.91 Å². The Morgan fingerprint density at radius 3 is 2.81 bits per heavy atom. The number of carbonyl (C=O) groups is 1. The van der Waals surface area contributed by atoms with E-state index in [1.165, 1.54) is 0 Å². The van der Waals surface area contributed by atoms with Crippen LogP contribution in [0.1, 0.15) is 47.6 Å². The second-order valence-electron chi connectivity index (χ2n) is 6.17. The molecule has 1 aliphatic rings. The fraction of sp³-hybridized carbons (Fsp3) is 0.500. The van der Waals surface area contributed by atoms with Gasteiger partial charge in [0.1, 0.15) is 5.75 Å². The van der Waals surface area contributed by atoms with Crippen molar-refractivity contribution in [2.24, 2.45) is 0 Å². The number of nitrogens with one attached hydrogen (secondary N) is 2. The fourth-order valence-electron chi connectivity index (χ4n) is 3.15. The Kier molecular flexibility index (Phi) is 7.41. The van der Waals surface area contributed by atoms with E-state index in [-0.39, 0.29) is 18.3 Å². The van der Waals surface area contributed by atoms with E-state index in [0.29, 0.717) is 24.9 Å². The zero-order chi connectivity index (χ0) is 17.6. The third-order valence-corrected chi connectivity index (χ3v) is 4.51. The van der Waals surface area contributed by atoms with Crippen LogP contribution in [-0.2, 0) is 6.54 Å². The molecule has 0 radical (unpaired) electrons. The predicted molar refractivity (Wildman–Crippen MR) is 102 cm³/mol. The molecule has 1 saturated heterocycles. The molecule has 3 rings (SSSR count). The molecule has 2 aromatic rings. The highest BCUT2D eigenvalue weighted by Gasteiger charge is 2.22. The molecule has 2 N–H and O–H groups in total. The molecule has 2 heterocycles. The Labute approximate surface area is 159 Å². The summed E-state index contributed by atoms with van der Waals surface area (Å²) in [5, 5.41) is 14.6. The monoisotopic (exact) mass is 379 g/mol. The number of para-hydroxylation sites is 1. The summed E-state index contributed by atoms with van der Waals surface area (Å²) in [7, 11) is 0. The highest BCUT2D eigenvalue weighted by molar-refractivity contribution is 5.93. The van der Waals surface area contributed by atoms with Crippen molar-refractivity contribution in [2.45, 2.75) is 39.3 Å². The van der Waals surface area contributed by atoms with Crippen LogP contribution in [0.15, 0.2) is 24.3 Å². The van der Waals surface area contributed by atoms with Gasteiger partial charge in [0.2, 0.25) is 0 Å². The van der Waals surface area contributed by atoms with Gasteiger partial charge < -0.3 is 15.4 Å². The first-order valence-electron chi connectivity index (χ1n) is 8.82. The van der Waals surface area contributed by atoms with E-state index < -0.39 is 0 Å². The molecule has 0 atom stereocenters. The smallest absolute Gasteiger partial charge is 0.274 e. The lowest BCUT2D eigenvalue weighted by atomic mass is 10.1. The Morgan fingerprint density at radius 2 is 2.08 bits per heavy atom. The number of aromatic nitrogens is 3. The van der Waals surface area contributed by atoms with Crippen LogP contribution >= 0.6 is 12.4 Å². The molecule has 142 valence electrons. The Balaban J connectivity index is 0.00000243. The van der Waals surface area contributed by atoms with Gasteiger partial charge in [-0.05, 0) is 45.8 Å². The van der Waals surface area contributed by atoms with Crippen LogP contribution < -0.4 is 15.4 Å². The first kappa shape index (κ1) is 20.2. The molecule has 0 aliphatic carbocycles. The van der Waals surface area contributed by atoms with E-state index in [9.17, 15) is 4.79 Å². The summed E-state index contributed by atoms with van der Waals surface area (Å²) in [5.74, 6) is 0.587. The van der Waals surface area contributed by atoms with Crippen molar-refractivity contribution in [3.63, 3.8) is 0 Å². The maximum Gasteiger partial charge on any atom is 0.274 e. The molecule has 0 unspecified atom stereocenters. The largest absolute Gasteiger partial charge is 0.494 e. The zero-order valence-electron chi connectivity index (χ0n) is 15.2. The molecule has 26 heavy (non-hydrogen) atoms. The number of hydrogen-bond acceptors (Lipinski definition) is 5. The number of halogens is 1. The topological polar surface area (TPSA) is 81.1 Å². The SMILES string of the molecule is CCOc1ccccc1CNC(=O)c1nnn(C2CCNCC2)c1C.Cl. The van der Waals surface area contributed by atoms with Crippen LogP contribution in [0.4, 0.5) is 0 Å². The summed E-state index contributed by atoms with van der Waals surface area (Å²) in [6.45, 7) is 6.78. The minimum Gasteiger partial charge on any atom is -0.494 e. The number of ether oxygens (including phenoxy) is 1. The molecule has 1 aromatic carbocycles. The Hall–Kier alpha value is -2.12. The van der Waals surface area contributed by atoms with Gasteiger partial charge in [-0.25, -0.2) is 4.68 Å². The highest BCUT2D eigenvalue weighted by Crippen LogP contribution is 2.21. The molecule has 8 heteroatoms. The van der Waals surface area contributed by atoms with Crippen molar-refractivity contribution in [1.82, 2.24) is 25.6 Å². The Bertz CT molecular complexity index is 728. The third-order valence-electron chi connectivity index (χ3n) is 4.51. The van der Waals surface area contributed by atoms with Crippen molar-refractivity contribution < 1.29 is 9.53 Å². The molecule has 1 aliphatic heterocycles. The standard InChI is InChI=1S/C18H25N5O2.ClH/c1-3-25-16-7-5-4-6-14(16)12-20-18(24)17-13(2)23(22-21-17)15-8-10-19-11-9-15;/h4-7,15,19H,3,8-12H2,1-2H3,(H,20,24);1H. The second kappa shape index (κ2) is 9.54. The van der Waals surface area contributed by atoms with Gasteiger partial charge in [0.05, 0.1) is 18.3 Å². The first-order valence-corrected chi connectivity index (χ1v) is 8.82. The van der Waals surface area contributed by atoms with Crippen molar-refractivity contribution >= 4 is 18.3 Å². The van der Waals surface area contributed by atoms with Crippen molar-refractivity contribution in [3.05, 3.63) is 41.2 Å². The van der Waals surface area contributed by atoms with E-state index >= 15 is 0 Å². The first-order chi connectivity index (χ1) is 12.2. The van der Waals surface area contributed by atoms with Gasteiger partial charge in [-0.15, -0.1) is 17.5 Å². The van der Waals surface area contributed by atoms with Crippen LogP contribution in [0, 0.1) is 6.92 Å². The number of nitrogens with zero attached hydrogens (tertiary/aromatic N) is 3. The number of hydrogen-bond donors (Lipinski definition) is 2. The molecule has 1 aromatic heterocycles. The van der Waals surface area contributed by atoms with E-state index in [1.807, 2.05) is 42.8 Å². The molecule has 0 spiro atoms. The maximum atomic E-state index is 12.5. The molecule has 0 saturated carbocycles. The normalized spacial score (nSPS) is 14.5. The van der Waals surface area contributed by atoms with E-state index in [4.69, 9.17) is 4.74 Å². The average Bonchev–Trinajstić information content (AvgIpc) is 3.03. The predicted octanol–water partition coefficient (Wildman–Crippen LogP) is 2.26. The lowest BCUT2D eigenvalue weighted by Crippen LogP contribution is -2.30. The molecular weight excluding hydrogens is 354 g/mol. The van der Waals surface area contributed by atoms with Gasteiger partial charge in [-0.1, -0.05) is 23.4 Å². The average molecular weight is 380 g/mol. The number of rotatable bonds is 6. The summed E-state index contributed by atoms with van der Waals surface area (Å²) in [6, 6.07) is 8.02. The molecule has 7 nitrogen and oxygen atoms in total. The van der Waals surface area contributed by atoms with Crippen molar-refractivity contribution in [1.29, 1.82) is 0 Å². The second-order valence-corrected chi connectivity index (χ2v) is 6.17. The van der Waals surface area contributed by atoms with E-state index in [1.54, 1.807) is 0 Å². The van der Waals surface area contributed by atoms with Gasteiger partial charge >= 0.3 is 0 Å². The molecule has 1 fully saturated rings. The van der Waals surface area contributed by atoms with Crippen molar-refractivity contribution in [3.8, 4) is 5.75 Å². The third kappa shape index (κ3) is 4.53. The number of carbonyl (C=O) groups excluding carboxylic acids is 1. The lowest BCUT2D eigenvalue weighted by molar-refractivity contribution is 0.0945. The van der Waals surface area contributed by atoms with Crippen molar-refractivity contribution in [2.75, 3.05) is 19.7 Å². The highest BCUT2D eigenvalue weighted by atomic mass is 35.5. The maximum absolute atomic E-state index is 12.5. The van der Waals surface area contributed by atoms with Gasteiger partial charge in [0, 0.05) is 12.1 Å². The fourth-order valence-corrected chi connectivity index (χ4v) is 3.15. The van der Waals surface area contributed by atoms with Crippen LogP contribution in [0.3, 0.4) is 0 Å².